The smallest absolute Gasteiger partial charge is 0.271 e. The van der Waals surface area contributed by atoms with Crippen molar-refractivity contribution in [3.8, 4) is 17.0 Å². The van der Waals surface area contributed by atoms with E-state index in [1.807, 2.05) is 13.0 Å². The molecule has 0 saturated heterocycles. The van der Waals surface area contributed by atoms with Crippen LogP contribution in [-0.2, 0) is 14.1 Å². The second kappa shape index (κ2) is 11.6. The molecule has 3 aromatic heterocycles. The standard InChI is InChI=1S/C26H27B3FN9O3/c1-13-7-22(36-38(13)4)33-21-11-17(16(12-31-21)24(40)34-26(27,28)29)32-19-9-14(30)8-15(23(19)42-6)18-10-20(39(5)35-18)25(41)37(2)3/h7-12H,1-6H3,(H,34,40)(H2,31,32,33,36). The van der Waals surface area contributed by atoms with Crippen LogP contribution in [0, 0.1) is 12.7 Å². The van der Waals surface area contributed by atoms with Gasteiger partial charge >= 0.3 is 0 Å². The van der Waals surface area contributed by atoms with Gasteiger partial charge in [0, 0.05) is 63.8 Å². The average molecular weight is 565 g/mol. The number of pyridine rings is 1. The molecule has 0 atom stereocenters. The van der Waals surface area contributed by atoms with Gasteiger partial charge in [-0.2, -0.15) is 10.2 Å². The second-order valence-corrected chi connectivity index (χ2v) is 9.82. The zero-order valence-corrected chi connectivity index (χ0v) is 24.0. The predicted octanol–water partition coefficient (Wildman–Crippen LogP) is 1.71. The van der Waals surface area contributed by atoms with Crippen molar-refractivity contribution in [2.24, 2.45) is 14.1 Å². The van der Waals surface area contributed by atoms with Gasteiger partial charge in [-0.3, -0.25) is 19.0 Å². The normalized spacial score (nSPS) is 11.2. The lowest BCUT2D eigenvalue weighted by Crippen LogP contribution is -2.50. The summed E-state index contributed by atoms with van der Waals surface area (Å²) in [6, 6.07) is 7.29. The summed E-state index contributed by atoms with van der Waals surface area (Å²) in [6.07, 6.45) is 1.27. The summed E-state index contributed by atoms with van der Waals surface area (Å²) in [5.74, 6) is -0.631. The van der Waals surface area contributed by atoms with Gasteiger partial charge in [-0.1, -0.05) is 5.24 Å². The number of carbonyl (C=O) groups is 2. The van der Waals surface area contributed by atoms with Gasteiger partial charge in [-0.15, -0.1) is 0 Å². The third-order valence-electron chi connectivity index (χ3n) is 6.16. The topological polar surface area (TPSA) is 131 Å². The van der Waals surface area contributed by atoms with Gasteiger partial charge in [-0.05, 0) is 19.1 Å². The maximum Gasteiger partial charge on any atom is 0.271 e. The van der Waals surface area contributed by atoms with E-state index >= 15 is 4.39 Å². The molecule has 4 aromatic rings. The fourth-order valence-corrected chi connectivity index (χ4v) is 4.09. The lowest BCUT2D eigenvalue weighted by atomic mass is 9.49. The predicted molar refractivity (Wildman–Crippen MR) is 159 cm³/mol. The summed E-state index contributed by atoms with van der Waals surface area (Å²) in [6.45, 7) is 1.89. The van der Waals surface area contributed by atoms with Crippen molar-refractivity contribution in [1.29, 1.82) is 0 Å². The van der Waals surface area contributed by atoms with Crippen molar-refractivity contribution in [3.63, 3.8) is 0 Å². The highest BCUT2D eigenvalue weighted by Gasteiger charge is 2.23. The van der Waals surface area contributed by atoms with Gasteiger partial charge in [0.05, 0.1) is 53.3 Å². The van der Waals surface area contributed by atoms with E-state index in [2.05, 4.69) is 31.1 Å². The molecule has 0 saturated carbocycles. The molecular formula is C26H27B3FN9O3. The maximum absolute atomic E-state index is 15.0. The third kappa shape index (κ3) is 6.59. The van der Waals surface area contributed by atoms with Gasteiger partial charge in [0.25, 0.3) is 11.8 Å². The Hall–Kier alpha value is -4.75. The molecule has 42 heavy (non-hydrogen) atoms. The molecule has 1 aromatic carbocycles. The van der Waals surface area contributed by atoms with E-state index in [-0.39, 0.29) is 34.2 Å². The van der Waals surface area contributed by atoms with Crippen LogP contribution in [0.4, 0.5) is 27.4 Å². The number of amides is 2. The van der Waals surface area contributed by atoms with Crippen molar-refractivity contribution >= 4 is 58.4 Å². The number of anilines is 4. The molecule has 4 rings (SSSR count). The Balaban J connectivity index is 1.80. The quantitative estimate of drug-likeness (QED) is 0.262. The summed E-state index contributed by atoms with van der Waals surface area (Å²) < 4.78 is 23.8. The van der Waals surface area contributed by atoms with Crippen molar-refractivity contribution in [2.45, 2.75) is 12.2 Å². The van der Waals surface area contributed by atoms with Gasteiger partial charge in [0.2, 0.25) is 0 Å². The number of benzene rings is 1. The van der Waals surface area contributed by atoms with E-state index in [0.717, 1.165) is 5.69 Å². The minimum absolute atomic E-state index is 0.00644. The van der Waals surface area contributed by atoms with Gasteiger partial charge < -0.3 is 25.6 Å². The number of hydrogen-bond donors (Lipinski definition) is 3. The molecule has 0 bridgehead atoms. The number of methoxy groups -OCH3 is 1. The van der Waals surface area contributed by atoms with Crippen LogP contribution in [0.1, 0.15) is 26.5 Å². The van der Waals surface area contributed by atoms with E-state index < -0.39 is 17.0 Å². The minimum Gasteiger partial charge on any atom is -0.494 e. The minimum atomic E-state index is -2.01. The number of rotatable bonds is 9. The Morgan fingerprint density at radius 1 is 0.976 bits per heavy atom. The first-order valence-corrected chi connectivity index (χ1v) is 12.5. The number of nitrogens with zero attached hydrogens (tertiary/aromatic N) is 6. The number of aryl methyl sites for hydroxylation is 3. The Bertz CT molecular complexity index is 1650. The largest absolute Gasteiger partial charge is 0.494 e. The maximum atomic E-state index is 15.0. The molecule has 12 nitrogen and oxygen atoms in total. The molecule has 2 amide bonds. The molecule has 6 radical (unpaired) electrons. The van der Waals surface area contributed by atoms with Crippen LogP contribution in [-0.4, -0.2) is 91.2 Å². The zero-order chi connectivity index (χ0) is 30.9. The van der Waals surface area contributed by atoms with Gasteiger partial charge in [-0.25, -0.2) is 9.37 Å². The number of aromatic nitrogens is 5. The highest BCUT2D eigenvalue weighted by atomic mass is 19.1. The van der Waals surface area contributed by atoms with Crippen LogP contribution in [0.5, 0.6) is 5.75 Å². The molecule has 0 fully saturated rings. The van der Waals surface area contributed by atoms with Crippen molar-refractivity contribution in [2.75, 3.05) is 31.8 Å². The van der Waals surface area contributed by atoms with Crippen LogP contribution in [0.3, 0.4) is 0 Å². The van der Waals surface area contributed by atoms with Crippen LogP contribution in [0.2, 0.25) is 0 Å². The Labute approximate surface area is 246 Å². The fraction of sp³-hybridized carbons (Fsp3) is 0.269. The Morgan fingerprint density at radius 3 is 2.29 bits per heavy atom. The lowest BCUT2D eigenvalue weighted by Gasteiger charge is -2.23. The summed E-state index contributed by atoms with van der Waals surface area (Å²) >= 11 is 0. The molecule has 0 spiro atoms. The zero-order valence-electron chi connectivity index (χ0n) is 24.0. The molecule has 0 aliphatic heterocycles. The monoisotopic (exact) mass is 565 g/mol. The summed E-state index contributed by atoms with van der Waals surface area (Å²) in [7, 11) is 24.8. The lowest BCUT2D eigenvalue weighted by molar-refractivity contribution is 0.0816. The van der Waals surface area contributed by atoms with Crippen LogP contribution in [0.15, 0.2) is 36.5 Å². The SMILES string of the molecule is [B]C([B])([B])NC(=O)c1cnc(Nc2cc(C)n(C)n2)cc1Nc1cc(F)cc(-c2cc(C(=O)N(C)C)n(C)n2)c1OC. The first-order chi connectivity index (χ1) is 19.7. The van der Waals surface area contributed by atoms with E-state index in [4.69, 9.17) is 28.3 Å². The van der Waals surface area contributed by atoms with Gasteiger partial charge in [0.15, 0.2) is 11.6 Å². The summed E-state index contributed by atoms with van der Waals surface area (Å²) in [4.78, 5) is 31.3. The summed E-state index contributed by atoms with van der Waals surface area (Å²) in [5.41, 5.74) is 2.08. The van der Waals surface area contributed by atoms with E-state index in [1.165, 1.54) is 47.2 Å². The molecule has 0 aliphatic rings. The van der Waals surface area contributed by atoms with E-state index in [9.17, 15) is 9.59 Å². The van der Waals surface area contributed by atoms with Crippen LogP contribution in [0.25, 0.3) is 11.3 Å². The number of carbonyl (C=O) groups excluding carboxylic acids is 2. The van der Waals surface area contributed by atoms with Gasteiger partial charge in [0.1, 0.15) is 17.3 Å². The van der Waals surface area contributed by atoms with Crippen LogP contribution >= 0.6 is 0 Å². The molecule has 0 aliphatic carbocycles. The van der Waals surface area contributed by atoms with Crippen molar-refractivity contribution < 1.29 is 18.7 Å². The first-order valence-electron chi connectivity index (χ1n) is 12.5. The molecular weight excluding hydrogens is 538 g/mol. The number of hydrogen-bond acceptors (Lipinski definition) is 8. The fourth-order valence-electron chi connectivity index (χ4n) is 4.09. The van der Waals surface area contributed by atoms with E-state index in [1.54, 1.807) is 32.9 Å². The Kier molecular flexibility index (Phi) is 8.37. The highest BCUT2D eigenvalue weighted by molar-refractivity contribution is 6.60. The third-order valence-corrected chi connectivity index (χ3v) is 6.16. The Morgan fingerprint density at radius 2 is 1.69 bits per heavy atom. The van der Waals surface area contributed by atoms with Crippen molar-refractivity contribution in [3.05, 3.63) is 59.3 Å². The van der Waals surface area contributed by atoms with Crippen LogP contribution < -0.4 is 20.7 Å². The summed E-state index contributed by atoms with van der Waals surface area (Å²) in [5, 5.41) is 15.1. The highest BCUT2D eigenvalue weighted by Crippen LogP contribution is 2.39. The number of ether oxygens (including phenoxy) is 1. The number of halogens is 1. The molecule has 0 unspecified atom stereocenters. The molecule has 3 heterocycles. The average Bonchev–Trinajstić information content (AvgIpc) is 3.42. The van der Waals surface area contributed by atoms with E-state index in [0.29, 0.717) is 23.0 Å². The van der Waals surface area contributed by atoms with Crippen molar-refractivity contribution in [1.82, 2.24) is 34.8 Å². The molecule has 16 heteroatoms. The number of nitrogens with one attached hydrogen (secondary N) is 3. The molecule has 3 N–H and O–H groups in total. The molecule has 210 valence electrons. The second-order valence-electron chi connectivity index (χ2n) is 9.82. The first kappa shape index (κ1) is 30.2.